The van der Waals surface area contributed by atoms with Crippen LogP contribution in [0.5, 0.6) is 0 Å². The first-order valence-corrected chi connectivity index (χ1v) is 10.3. The van der Waals surface area contributed by atoms with Gasteiger partial charge in [0.25, 0.3) is 0 Å². The summed E-state index contributed by atoms with van der Waals surface area (Å²) in [6, 6.07) is 7.69. The number of benzene rings is 1. The van der Waals surface area contributed by atoms with E-state index in [4.69, 9.17) is 14.2 Å². The number of hydrogen-bond acceptors (Lipinski definition) is 5. The van der Waals surface area contributed by atoms with Crippen molar-refractivity contribution in [1.29, 1.82) is 0 Å². The molecule has 0 radical (unpaired) electrons. The lowest BCUT2D eigenvalue weighted by molar-refractivity contribution is -0.116. The van der Waals surface area contributed by atoms with Crippen LogP contribution in [0.15, 0.2) is 36.4 Å². The summed E-state index contributed by atoms with van der Waals surface area (Å²) < 4.78 is 16.6. The van der Waals surface area contributed by atoms with Crippen LogP contribution in [0.1, 0.15) is 50.2 Å². The Morgan fingerprint density at radius 2 is 1.38 bits per heavy atom. The number of ether oxygens (including phenoxy) is 3. The van der Waals surface area contributed by atoms with Gasteiger partial charge in [-0.1, -0.05) is 36.4 Å². The molecule has 0 atom stereocenters. The Balaban J connectivity index is 1.63. The monoisotopic (exact) mass is 400 g/mol. The smallest absolute Gasteiger partial charge is 0.158 e. The van der Waals surface area contributed by atoms with E-state index < -0.39 is 0 Å². The lowest BCUT2D eigenvalue weighted by atomic mass is 9.95. The molecule has 0 unspecified atom stereocenters. The first kappa shape index (κ1) is 23.2. The molecule has 1 aromatic carbocycles. The second-order valence-corrected chi connectivity index (χ2v) is 7.29. The van der Waals surface area contributed by atoms with E-state index in [2.05, 4.69) is 0 Å². The van der Waals surface area contributed by atoms with E-state index in [9.17, 15) is 9.59 Å². The number of carbonyl (C=O) groups is 2. The van der Waals surface area contributed by atoms with Crippen LogP contribution in [-0.2, 0) is 23.8 Å². The van der Waals surface area contributed by atoms with Gasteiger partial charge in [0.15, 0.2) is 11.6 Å². The SMILES string of the molecule is COCCOC1CCC(OCCC(=O)C=Cc2ccc(C=CC(C)=O)cc2)CC1. The second kappa shape index (κ2) is 13.2. The van der Waals surface area contributed by atoms with Gasteiger partial charge in [-0.05, 0) is 55.9 Å². The van der Waals surface area contributed by atoms with Crippen molar-refractivity contribution in [1.82, 2.24) is 0 Å². The van der Waals surface area contributed by atoms with Crippen LogP contribution in [-0.4, -0.2) is 50.7 Å². The molecule has 5 heteroatoms. The number of allylic oxidation sites excluding steroid dienone is 2. The summed E-state index contributed by atoms with van der Waals surface area (Å²) in [5.41, 5.74) is 1.90. The molecule has 29 heavy (non-hydrogen) atoms. The van der Waals surface area contributed by atoms with Crippen molar-refractivity contribution < 1.29 is 23.8 Å². The number of rotatable bonds is 12. The average Bonchev–Trinajstić information content (AvgIpc) is 2.73. The van der Waals surface area contributed by atoms with Gasteiger partial charge < -0.3 is 14.2 Å². The van der Waals surface area contributed by atoms with Gasteiger partial charge in [-0.15, -0.1) is 0 Å². The molecule has 0 heterocycles. The third kappa shape index (κ3) is 9.79. The highest BCUT2D eigenvalue weighted by Crippen LogP contribution is 2.23. The molecule has 0 spiro atoms. The zero-order valence-corrected chi connectivity index (χ0v) is 17.5. The van der Waals surface area contributed by atoms with Crippen LogP contribution in [0.2, 0.25) is 0 Å². The molecule has 0 bridgehead atoms. The molecule has 0 N–H and O–H groups in total. The maximum absolute atomic E-state index is 12.1. The normalized spacial score (nSPS) is 19.8. The molecule has 158 valence electrons. The Bertz CT molecular complexity index is 682. The quantitative estimate of drug-likeness (QED) is 0.388. The third-order valence-corrected chi connectivity index (χ3v) is 4.87. The van der Waals surface area contributed by atoms with E-state index in [1.54, 1.807) is 19.3 Å². The summed E-state index contributed by atoms with van der Waals surface area (Å²) >= 11 is 0. The summed E-state index contributed by atoms with van der Waals surface area (Å²) in [6.45, 7) is 3.25. The Morgan fingerprint density at radius 1 is 0.862 bits per heavy atom. The highest BCUT2D eigenvalue weighted by molar-refractivity contribution is 5.93. The molecule has 1 aliphatic rings. The minimum absolute atomic E-state index is 0.0187. The molecule has 0 saturated heterocycles. The van der Waals surface area contributed by atoms with Crippen molar-refractivity contribution in [3.8, 4) is 0 Å². The van der Waals surface area contributed by atoms with E-state index in [0.29, 0.717) is 32.3 Å². The average molecular weight is 401 g/mol. The predicted octanol–water partition coefficient (Wildman–Crippen LogP) is 4.25. The van der Waals surface area contributed by atoms with Crippen LogP contribution >= 0.6 is 0 Å². The fraction of sp³-hybridized carbons (Fsp3) is 0.500. The molecule has 0 aromatic heterocycles. The van der Waals surface area contributed by atoms with E-state index in [0.717, 1.165) is 36.8 Å². The highest BCUT2D eigenvalue weighted by Gasteiger charge is 2.22. The molecule has 5 nitrogen and oxygen atoms in total. The van der Waals surface area contributed by atoms with Crippen molar-refractivity contribution in [2.75, 3.05) is 26.9 Å². The second-order valence-electron chi connectivity index (χ2n) is 7.29. The van der Waals surface area contributed by atoms with Gasteiger partial charge >= 0.3 is 0 Å². The summed E-state index contributed by atoms with van der Waals surface area (Å²) in [4.78, 5) is 23.0. The minimum Gasteiger partial charge on any atom is -0.382 e. The molecule has 1 aromatic rings. The molecule has 0 aliphatic heterocycles. The Morgan fingerprint density at radius 3 is 1.90 bits per heavy atom. The lowest BCUT2D eigenvalue weighted by Crippen LogP contribution is -2.27. The van der Waals surface area contributed by atoms with Crippen molar-refractivity contribution in [3.63, 3.8) is 0 Å². The molecule has 2 rings (SSSR count). The van der Waals surface area contributed by atoms with Crippen LogP contribution in [0.3, 0.4) is 0 Å². The molecular formula is C24H32O5. The van der Waals surface area contributed by atoms with Gasteiger partial charge in [-0.3, -0.25) is 9.59 Å². The Labute approximate surface area is 173 Å². The van der Waals surface area contributed by atoms with E-state index in [1.807, 2.05) is 30.3 Å². The van der Waals surface area contributed by atoms with Crippen molar-refractivity contribution in [2.24, 2.45) is 0 Å². The Kier molecular flexibility index (Phi) is 10.6. The number of carbonyl (C=O) groups excluding carboxylic acids is 2. The molecular weight excluding hydrogens is 368 g/mol. The summed E-state index contributed by atoms with van der Waals surface area (Å²) in [6.07, 6.45) is 11.6. The van der Waals surface area contributed by atoms with Gasteiger partial charge in [-0.25, -0.2) is 0 Å². The third-order valence-electron chi connectivity index (χ3n) is 4.87. The summed E-state index contributed by atoms with van der Waals surface area (Å²) in [5, 5.41) is 0. The van der Waals surface area contributed by atoms with Crippen LogP contribution in [0.4, 0.5) is 0 Å². The molecule has 1 saturated carbocycles. The fourth-order valence-corrected chi connectivity index (χ4v) is 3.19. The van der Waals surface area contributed by atoms with Crippen molar-refractivity contribution >= 4 is 23.7 Å². The standard InChI is InChI=1S/C24H32O5/c1-19(25)3-4-20-5-7-21(8-6-20)9-10-22(26)15-16-28-23-11-13-24(14-12-23)29-18-17-27-2/h3-10,23-24H,11-18H2,1-2H3. The van der Waals surface area contributed by atoms with Gasteiger partial charge in [0.05, 0.1) is 32.0 Å². The summed E-state index contributed by atoms with van der Waals surface area (Å²) in [7, 11) is 1.68. The van der Waals surface area contributed by atoms with Gasteiger partial charge in [0.2, 0.25) is 0 Å². The van der Waals surface area contributed by atoms with E-state index >= 15 is 0 Å². The highest BCUT2D eigenvalue weighted by atomic mass is 16.5. The molecule has 1 fully saturated rings. The largest absolute Gasteiger partial charge is 0.382 e. The van der Waals surface area contributed by atoms with Gasteiger partial charge in [0.1, 0.15) is 0 Å². The first-order valence-electron chi connectivity index (χ1n) is 10.3. The lowest BCUT2D eigenvalue weighted by Gasteiger charge is -2.28. The van der Waals surface area contributed by atoms with Crippen LogP contribution < -0.4 is 0 Å². The van der Waals surface area contributed by atoms with Crippen LogP contribution in [0, 0.1) is 0 Å². The minimum atomic E-state index is 0.0187. The maximum atomic E-state index is 12.1. The van der Waals surface area contributed by atoms with Crippen molar-refractivity contribution in [2.45, 2.75) is 51.2 Å². The maximum Gasteiger partial charge on any atom is 0.158 e. The number of ketones is 2. The first-order chi connectivity index (χ1) is 14.1. The summed E-state index contributed by atoms with van der Waals surface area (Å²) in [5.74, 6) is 0.0763. The predicted molar refractivity (Wildman–Crippen MR) is 115 cm³/mol. The molecule has 1 aliphatic carbocycles. The van der Waals surface area contributed by atoms with Crippen molar-refractivity contribution in [3.05, 3.63) is 47.5 Å². The number of hydrogen-bond donors (Lipinski definition) is 0. The van der Waals surface area contributed by atoms with Crippen LogP contribution in [0.25, 0.3) is 12.2 Å². The molecule has 0 amide bonds. The number of methoxy groups -OCH3 is 1. The van der Waals surface area contributed by atoms with Gasteiger partial charge in [-0.2, -0.15) is 0 Å². The Hall–Kier alpha value is -2.08. The van der Waals surface area contributed by atoms with E-state index in [1.165, 1.54) is 13.0 Å². The van der Waals surface area contributed by atoms with Gasteiger partial charge in [0, 0.05) is 13.5 Å². The zero-order valence-electron chi connectivity index (χ0n) is 17.5. The zero-order chi connectivity index (χ0) is 20.9. The fourth-order valence-electron chi connectivity index (χ4n) is 3.19. The van der Waals surface area contributed by atoms with E-state index in [-0.39, 0.29) is 17.7 Å². The topological polar surface area (TPSA) is 61.8 Å².